The van der Waals surface area contributed by atoms with Crippen molar-refractivity contribution < 1.29 is 9.47 Å². The van der Waals surface area contributed by atoms with Crippen molar-refractivity contribution in [2.75, 3.05) is 53.6 Å². The molecule has 0 spiro atoms. The number of guanidine groups is 1. The summed E-state index contributed by atoms with van der Waals surface area (Å²) in [7, 11) is 3.50. The van der Waals surface area contributed by atoms with Gasteiger partial charge in [-0.3, -0.25) is 9.89 Å². The number of aliphatic imine (C=N–C) groups is 1. The van der Waals surface area contributed by atoms with Crippen molar-refractivity contribution in [3.05, 3.63) is 64.7 Å². The zero-order valence-electron chi connectivity index (χ0n) is 17.7. The van der Waals surface area contributed by atoms with Crippen LogP contribution in [-0.2, 0) is 11.2 Å². The quantitative estimate of drug-likeness (QED) is 0.497. The van der Waals surface area contributed by atoms with Gasteiger partial charge in [-0.2, -0.15) is 0 Å². The molecule has 1 atom stereocenters. The number of nitrogens with one attached hydrogen (secondary N) is 2. The van der Waals surface area contributed by atoms with E-state index >= 15 is 0 Å². The number of rotatable bonds is 8. The molecular weight excluding hydrogens is 400 g/mol. The van der Waals surface area contributed by atoms with Crippen molar-refractivity contribution in [2.24, 2.45) is 4.99 Å². The minimum absolute atomic E-state index is 0.221. The second kappa shape index (κ2) is 11.8. The van der Waals surface area contributed by atoms with Crippen molar-refractivity contribution >= 4 is 17.6 Å². The molecule has 2 aromatic rings. The maximum Gasteiger partial charge on any atom is 0.191 e. The average molecular weight is 431 g/mol. The molecular formula is C23H31ClN4O2. The van der Waals surface area contributed by atoms with E-state index in [1.807, 2.05) is 30.3 Å². The zero-order chi connectivity index (χ0) is 21.2. The summed E-state index contributed by atoms with van der Waals surface area (Å²) < 4.78 is 11.0. The summed E-state index contributed by atoms with van der Waals surface area (Å²) in [5, 5.41) is 7.65. The van der Waals surface area contributed by atoms with Crippen LogP contribution in [0.2, 0.25) is 5.02 Å². The van der Waals surface area contributed by atoms with Crippen LogP contribution in [0.5, 0.6) is 5.75 Å². The summed E-state index contributed by atoms with van der Waals surface area (Å²) in [6, 6.07) is 16.4. The Bertz CT molecular complexity index is 807. The molecule has 1 fully saturated rings. The monoisotopic (exact) mass is 430 g/mol. The molecule has 1 saturated heterocycles. The van der Waals surface area contributed by atoms with Crippen LogP contribution in [0.3, 0.4) is 0 Å². The normalized spacial score (nSPS) is 16.2. The van der Waals surface area contributed by atoms with Gasteiger partial charge < -0.3 is 20.1 Å². The third-order valence-corrected chi connectivity index (χ3v) is 5.56. The van der Waals surface area contributed by atoms with Crippen LogP contribution in [0.4, 0.5) is 0 Å². The van der Waals surface area contributed by atoms with E-state index in [9.17, 15) is 0 Å². The Morgan fingerprint density at radius 3 is 2.57 bits per heavy atom. The molecule has 1 unspecified atom stereocenters. The molecule has 2 N–H and O–H groups in total. The first kappa shape index (κ1) is 22.4. The lowest BCUT2D eigenvalue weighted by atomic mass is 10.0. The Kier molecular flexibility index (Phi) is 8.81. The van der Waals surface area contributed by atoms with Gasteiger partial charge in [0.1, 0.15) is 5.75 Å². The van der Waals surface area contributed by atoms with Crippen molar-refractivity contribution in [1.29, 1.82) is 0 Å². The first-order valence-corrected chi connectivity index (χ1v) is 10.7. The van der Waals surface area contributed by atoms with Gasteiger partial charge in [0.25, 0.3) is 0 Å². The number of nitrogens with zero attached hydrogens (tertiary/aromatic N) is 2. The number of methoxy groups -OCH3 is 1. The van der Waals surface area contributed by atoms with Crippen LogP contribution >= 0.6 is 11.6 Å². The van der Waals surface area contributed by atoms with Crippen molar-refractivity contribution in [3.8, 4) is 5.75 Å². The largest absolute Gasteiger partial charge is 0.496 e. The molecule has 162 valence electrons. The van der Waals surface area contributed by atoms with Crippen LogP contribution in [0, 0.1) is 0 Å². The van der Waals surface area contributed by atoms with E-state index < -0.39 is 0 Å². The van der Waals surface area contributed by atoms with Gasteiger partial charge in [0.05, 0.1) is 26.4 Å². The average Bonchev–Trinajstić information content (AvgIpc) is 2.80. The number of hydrogen-bond donors (Lipinski definition) is 2. The number of benzene rings is 2. The number of para-hydroxylation sites is 1. The first-order chi connectivity index (χ1) is 14.7. The summed E-state index contributed by atoms with van der Waals surface area (Å²) in [6.45, 7) is 4.86. The highest BCUT2D eigenvalue weighted by atomic mass is 35.5. The van der Waals surface area contributed by atoms with Crippen LogP contribution in [0.15, 0.2) is 53.5 Å². The lowest BCUT2D eigenvalue weighted by Gasteiger charge is -2.35. The Morgan fingerprint density at radius 1 is 1.13 bits per heavy atom. The lowest BCUT2D eigenvalue weighted by molar-refractivity contribution is 0.0170. The molecule has 0 aliphatic carbocycles. The minimum atomic E-state index is 0.221. The molecule has 6 nitrogen and oxygen atoms in total. The van der Waals surface area contributed by atoms with E-state index in [1.165, 1.54) is 11.1 Å². The zero-order valence-corrected chi connectivity index (χ0v) is 18.5. The topological polar surface area (TPSA) is 58.1 Å². The van der Waals surface area contributed by atoms with Gasteiger partial charge >= 0.3 is 0 Å². The highest BCUT2D eigenvalue weighted by Crippen LogP contribution is 2.23. The summed E-state index contributed by atoms with van der Waals surface area (Å²) in [5.74, 6) is 1.70. The number of hydrogen-bond acceptors (Lipinski definition) is 4. The molecule has 0 saturated carbocycles. The first-order valence-electron chi connectivity index (χ1n) is 10.3. The Labute approximate surface area is 184 Å². The number of halogens is 1. The molecule has 0 aromatic heterocycles. The molecule has 1 aliphatic heterocycles. The van der Waals surface area contributed by atoms with Gasteiger partial charge in [0.2, 0.25) is 0 Å². The second-order valence-corrected chi connectivity index (χ2v) is 7.59. The van der Waals surface area contributed by atoms with Crippen LogP contribution in [0.25, 0.3) is 0 Å². The smallest absolute Gasteiger partial charge is 0.191 e. The predicted molar refractivity (Wildman–Crippen MR) is 123 cm³/mol. The highest BCUT2D eigenvalue weighted by molar-refractivity contribution is 6.30. The molecule has 2 aromatic carbocycles. The fourth-order valence-corrected chi connectivity index (χ4v) is 3.80. The Balaban J connectivity index is 1.58. The molecule has 30 heavy (non-hydrogen) atoms. The Morgan fingerprint density at radius 2 is 1.87 bits per heavy atom. The summed E-state index contributed by atoms with van der Waals surface area (Å²) in [5.41, 5.74) is 2.41. The SMILES string of the molecule is CN=C(NCCc1ccccc1OC)NCC(c1ccc(Cl)cc1)N1CCOCC1. The fraction of sp³-hybridized carbons (Fsp3) is 0.435. The number of morpholine rings is 1. The molecule has 3 rings (SSSR count). The van der Waals surface area contributed by atoms with E-state index in [0.717, 1.165) is 62.5 Å². The second-order valence-electron chi connectivity index (χ2n) is 7.16. The van der Waals surface area contributed by atoms with Gasteiger partial charge in [0, 0.05) is 38.2 Å². The molecule has 1 aliphatic rings. The highest BCUT2D eigenvalue weighted by Gasteiger charge is 2.23. The van der Waals surface area contributed by atoms with Gasteiger partial charge in [-0.05, 0) is 35.7 Å². The van der Waals surface area contributed by atoms with Gasteiger partial charge in [-0.15, -0.1) is 0 Å². The third kappa shape index (κ3) is 6.36. The molecule has 0 radical (unpaired) electrons. The summed E-state index contributed by atoms with van der Waals surface area (Å²) in [6.07, 6.45) is 0.856. The molecule has 1 heterocycles. The van der Waals surface area contributed by atoms with E-state index in [4.69, 9.17) is 21.1 Å². The van der Waals surface area contributed by atoms with Gasteiger partial charge in [-0.25, -0.2) is 0 Å². The van der Waals surface area contributed by atoms with E-state index in [2.05, 4.69) is 38.7 Å². The number of ether oxygens (including phenoxy) is 2. The van der Waals surface area contributed by atoms with E-state index in [-0.39, 0.29) is 6.04 Å². The van der Waals surface area contributed by atoms with Crippen molar-refractivity contribution in [3.63, 3.8) is 0 Å². The molecule has 7 heteroatoms. The van der Waals surface area contributed by atoms with Crippen LogP contribution in [0.1, 0.15) is 17.2 Å². The maximum atomic E-state index is 6.09. The predicted octanol–water partition coefficient (Wildman–Crippen LogP) is 3.13. The van der Waals surface area contributed by atoms with Gasteiger partial charge in [-0.1, -0.05) is 41.9 Å². The molecule has 0 amide bonds. The van der Waals surface area contributed by atoms with Crippen molar-refractivity contribution in [2.45, 2.75) is 12.5 Å². The minimum Gasteiger partial charge on any atom is -0.496 e. The summed E-state index contributed by atoms with van der Waals surface area (Å²) in [4.78, 5) is 6.83. The third-order valence-electron chi connectivity index (χ3n) is 5.31. The van der Waals surface area contributed by atoms with E-state index in [0.29, 0.717) is 0 Å². The lowest BCUT2D eigenvalue weighted by Crippen LogP contribution is -2.46. The fourth-order valence-electron chi connectivity index (χ4n) is 3.67. The Hall–Kier alpha value is -2.28. The van der Waals surface area contributed by atoms with Crippen LogP contribution in [-0.4, -0.2) is 64.4 Å². The van der Waals surface area contributed by atoms with Crippen molar-refractivity contribution in [1.82, 2.24) is 15.5 Å². The standard InChI is InChI=1S/C23H31ClN4O2/c1-25-23(26-12-11-19-5-3-4-6-22(19)29-2)27-17-21(28-13-15-30-16-14-28)18-7-9-20(24)10-8-18/h3-10,21H,11-17H2,1-2H3,(H2,25,26,27). The van der Waals surface area contributed by atoms with Gasteiger partial charge in [0.15, 0.2) is 5.96 Å². The maximum absolute atomic E-state index is 6.09. The molecule has 0 bridgehead atoms. The summed E-state index contributed by atoms with van der Waals surface area (Å²) >= 11 is 6.09. The van der Waals surface area contributed by atoms with Crippen LogP contribution < -0.4 is 15.4 Å². The van der Waals surface area contributed by atoms with E-state index in [1.54, 1.807) is 14.2 Å².